The first-order chi connectivity index (χ1) is 12.3. The molecule has 4 rings (SSSR count). The number of ether oxygens (including phenoxy) is 2. The first-order valence-corrected chi connectivity index (χ1v) is 8.71. The van der Waals surface area contributed by atoms with E-state index in [2.05, 4.69) is 15.2 Å². The van der Waals surface area contributed by atoms with Crippen molar-refractivity contribution in [1.82, 2.24) is 4.98 Å². The number of pyridine rings is 1. The van der Waals surface area contributed by atoms with E-state index in [9.17, 15) is 4.79 Å². The van der Waals surface area contributed by atoms with Crippen molar-refractivity contribution in [3.05, 3.63) is 42.2 Å². The monoisotopic (exact) mass is 339 g/mol. The summed E-state index contributed by atoms with van der Waals surface area (Å²) in [6.45, 7) is 3.14. The summed E-state index contributed by atoms with van der Waals surface area (Å²) in [4.78, 5) is 19.1. The SMILES string of the molecule is O=C(Nc1ccc2c(c1)OCCO2)c1cc(N2CCCCC2)ccn1. The van der Waals surface area contributed by atoms with Crippen molar-refractivity contribution in [2.24, 2.45) is 0 Å². The smallest absolute Gasteiger partial charge is 0.274 e. The Hall–Kier alpha value is -2.76. The molecule has 2 aromatic rings. The second kappa shape index (κ2) is 7.01. The lowest BCUT2D eigenvalue weighted by atomic mass is 10.1. The maximum absolute atomic E-state index is 12.6. The zero-order valence-corrected chi connectivity index (χ0v) is 14.0. The van der Waals surface area contributed by atoms with Crippen molar-refractivity contribution >= 4 is 17.3 Å². The maximum Gasteiger partial charge on any atom is 0.274 e. The highest BCUT2D eigenvalue weighted by molar-refractivity contribution is 6.03. The highest BCUT2D eigenvalue weighted by Gasteiger charge is 2.16. The number of carbonyl (C=O) groups is 1. The largest absolute Gasteiger partial charge is 0.486 e. The molecule has 0 atom stereocenters. The van der Waals surface area contributed by atoms with E-state index in [-0.39, 0.29) is 5.91 Å². The lowest BCUT2D eigenvalue weighted by Gasteiger charge is -2.28. The molecule has 0 aliphatic carbocycles. The minimum absolute atomic E-state index is 0.226. The van der Waals surface area contributed by atoms with Gasteiger partial charge in [-0.05, 0) is 43.5 Å². The molecule has 0 spiro atoms. The molecule has 1 N–H and O–H groups in total. The van der Waals surface area contributed by atoms with Gasteiger partial charge in [0.05, 0.1) is 0 Å². The second-order valence-electron chi connectivity index (χ2n) is 6.26. The van der Waals surface area contributed by atoms with E-state index in [1.165, 1.54) is 19.3 Å². The van der Waals surface area contributed by atoms with Crippen molar-refractivity contribution in [3.63, 3.8) is 0 Å². The van der Waals surface area contributed by atoms with E-state index in [0.717, 1.165) is 18.8 Å². The molecule has 130 valence electrons. The summed E-state index contributed by atoms with van der Waals surface area (Å²) < 4.78 is 11.0. The fourth-order valence-corrected chi connectivity index (χ4v) is 3.21. The van der Waals surface area contributed by atoms with Crippen LogP contribution in [0.2, 0.25) is 0 Å². The van der Waals surface area contributed by atoms with Crippen molar-refractivity contribution in [1.29, 1.82) is 0 Å². The van der Waals surface area contributed by atoms with Crippen molar-refractivity contribution < 1.29 is 14.3 Å². The summed E-state index contributed by atoms with van der Waals surface area (Å²) >= 11 is 0. The molecular weight excluding hydrogens is 318 g/mol. The van der Waals surface area contributed by atoms with Gasteiger partial charge in [0.15, 0.2) is 11.5 Å². The third-order valence-electron chi connectivity index (χ3n) is 4.50. The summed E-state index contributed by atoms with van der Waals surface area (Å²) in [5.41, 5.74) is 2.14. The molecule has 1 fully saturated rings. The molecule has 0 unspecified atom stereocenters. The van der Waals surface area contributed by atoms with Crippen LogP contribution in [0.4, 0.5) is 11.4 Å². The van der Waals surface area contributed by atoms with Crippen LogP contribution in [-0.4, -0.2) is 37.2 Å². The standard InChI is InChI=1S/C19H21N3O3/c23-19(21-14-4-5-17-18(12-14)25-11-10-24-17)16-13-15(6-7-20-16)22-8-2-1-3-9-22/h4-7,12-13H,1-3,8-11H2,(H,21,23). The van der Waals surface area contributed by atoms with Crippen molar-refractivity contribution in [3.8, 4) is 11.5 Å². The van der Waals surface area contributed by atoms with Crippen LogP contribution in [0.3, 0.4) is 0 Å². The van der Waals surface area contributed by atoms with Gasteiger partial charge in [-0.3, -0.25) is 9.78 Å². The van der Waals surface area contributed by atoms with Crippen LogP contribution in [0, 0.1) is 0 Å². The Bertz CT molecular complexity index is 772. The zero-order chi connectivity index (χ0) is 17.1. The van der Waals surface area contributed by atoms with E-state index in [1.54, 1.807) is 18.3 Å². The predicted octanol–water partition coefficient (Wildman–Crippen LogP) is 3.10. The third kappa shape index (κ3) is 3.52. The third-order valence-corrected chi connectivity index (χ3v) is 4.50. The fraction of sp³-hybridized carbons (Fsp3) is 0.368. The molecule has 2 aliphatic heterocycles. The average Bonchev–Trinajstić information content (AvgIpc) is 2.69. The summed E-state index contributed by atoms with van der Waals surface area (Å²) in [7, 11) is 0. The Kier molecular flexibility index (Phi) is 4.41. The normalized spacial score (nSPS) is 16.4. The Morgan fingerprint density at radius 1 is 1.00 bits per heavy atom. The summed E-state index contributed by atoms with van der Waals surface area (Å²) in [6.07, 6.45) is 5.36. The zero-order valence-electron chi connectivity index (χ0n) is 14.0. The van der Waals surface area contributed by atoms with E-state index >= 15 is 0 Å². The first-order valence-electron chi connectivity index (χ1n) is 8.71. The van der Waals surface area contributed by atoms with Gasteiger partial charge in [-0.1, -0.05) is 0 Å². The Morgan fingerprint density at radius 3 is 2.64 bits per heavy atom. The molecule has 1 aromatic carbocycles. The number of hydrogen-bond acceptors (Lipinski definition) is 5. The number of piperidine rings is 1. The number of amides is 1. The van der Waals surface area contributed by atoms with Gasteiger partial charge >= 0.3 is 0 Å². The molecule has 2 aliphatic rings. The number of rotatable bonds is 3. The van der Waals surface area contributed by atoms with Crippen LogP contribution in [-0.2, 0) is 0 Å². The Balaban J connectivity index is 1.49. The van der Waals surface area contributed by atoms with Gasteiger partial charge in [-0.25, -0.2) is 0 Å². The van der Waals surface area contributed by atoms with Gasteiger partial charge in [-0.15, -0.1) is 0 Å². The molecule has 0 radical (unpaired) electrons. The lowest BCUT2D eigenvalue weighted by molar-refractivity contribution is 0.102. The van der Waals surface area contributed by atoms with E-state index in [0.29, 0.717) is 36.1 Å². The molecule has 1 amide bonds. The van der Waals surface area contributed by atoms with Gasteiger partial charge in [0.2, 0.25) is 0 Å². The fourth-order valence-electron chi connectivity index (χ4n) is 3.21. The highest BCUT2D eigenvalue weighted by atomic mass is 16.6. The van der Waals surface area contributed by atoms with Crippen LogP contribution in [0.5, 0.6) is 11.5 Å². The lowest BCUT2D eigenvalue weighted by Crippen LogP contribution is -2.29. The van der Waals surface area contributed by atoms with Gasteiger partial charge in [0.25, 0.3) is 5.91 Å². The topological polar surface area (TPSA) is 63.7 Å². The quantitative estimate of drug-likeness (QED) is 0.931. The van der Waals surface area contributed by atoms with Crippen molar-refractivity contribution in [2.75, 3.05) is 36.5 Å². The number of benzene rings is 1. The minimum Gasteiger partial charge on any atom is -0.486 e. The molecule has 6 heteroatoms. The molecule has 1 aromatic heterocycles. The van der Waals surface area contributed by atoms with Crippen LogP contribution >= 0.6 is 0 Å². The number of carbonyl (C=O) groups excluding carboxylic acids is 1. The predicted molar refractivity (Wildman–Crippen MR) is 95.7 cm³/mol. The first kappa shape index (κ1) is 15.7. The molecule has 0 bridgehead atoms. The van der Waals surface area contributed by atoms with Crippen LogP contribution in [0.15, 0.2) is 36.5 Å². The summed E-state index contributed by atoms with van der Waals surface area (Å²) in [5.74, 6) is 1.13. The minimum atomic E-state index is -0.226. The summed E-state index contributed by atoms with van der Waals surface area (Å²) in [5, 5.41) is 2.88. The number of nitrogens with zero attached hydrogens (tertiary/aromatic N) is 2. The summed E-state index contributed by atoms with van der Waals surface area (Å²) in [6, 6.07) is 9.22. The van der Waals surface area contributed by atoms with E-state index in [4.69, 9.17) is 9.47 Å². The average molecular weight is 339 g/mol. The van der Waals surface area contributed by atoms with Gasteiger partial charge in [0, 0.05) is 36.7 Å². The van der Waals surface area contributed by atoms with Crippen LogP contribution in [0.25, 0.3) is 0 Å². The number of anilines is 2. The molecule has 0 saturated carbocycles. The van der Waals surface area contributed by atoms with Gasteiger partial charge < -0.3 is 19.7 Å². The maximum atomic E-state index is 12.6. The number of fused-ring (bicyclic) bond motifs is 1. The highest BCUT2D eigenvalue weighted by Crippen LogP contribution is 2.32. The number of hydrogen-bond donors (Lipinski definition) is 1. The molecule has 25 heavy (non-hydrogen) atoms. The number of aromatic nitrogens is 1. The van der Waals surface area contributed by atoms with E-state index < -0.39 is 0 Å². The number of nitrogens with one attached hydrogen (secondary N) is 1. The Morgan fingerprint density at radius 2 is 1.80 bits per heavy atom. The van der Waals surface area contributed by atoms with Crippen LogP contribution < -0.4 is 19.7 Å². The van der Waals surface area contributed by atoms with Crippen LogP contribution in [0.1, 0.15) is 29.8 Å². The second-order valence-corrected chi connectivity index (χ2v) is 6.26. The van der Waals surface area contributed by atoms with E-state index in [1.807, 2.05) is 18.2 Å². The van der Waals surface area contributed by atoms with Gasteiger partial charge in [-0.2, -0.15) is 0 Å². The van der Waals surface area contributed by atoms with Gasteiger partial charge in [0.1, 0.15) is 18.9 Å². The molecule has 6 nitrogen and oxygen atoms in total. The molecule has 1 saturated heterocycles. The molecule has 3 heterocycles. The molecular formula is C19H21N3O3. The van der Waals surface area contributed by atoms with Crippen molar-refractivity contribution in [2.45, 2.75) is 19.3 Å². The Labute approximate surface area is 146 Å².